The van der Waals surface area contributed by atoms with Gasteiger partial charge in [0.15, 0.2) is 0 Å². The minimum absolute atomic E-state index is 0.850. The first-order valence-electron chi connectivity index (χ1n) is 7.33. The Hall–Kier alpha value is -1.06. The van der Waals surface area contributed by atoms with Crippen molar-refractivity contribution < 1.29 is 0 Å². The van der Waals surface area contributed by atoms with E-state index in [0.29, 0.717) is 0 Å². The molecule has 1 aromatic carbocycles. The van der Waals surface area contributed by atoms with Crippen LogP contribution < -0.4 is 5.73 Å². The summed E-state index contributed by atoms with van der Waals surface area (Å²) in [4.78, 5) is 4.79. The zero-order valence-electron chi connectivity index (χ0n) is 12.7. The highest BCUT2D eigenvalue weighted by atomic mass is 15.1. The maximum Gasteiger partial charge on any atom is 0.0314 e. The second-order valence-corrected chi connectivity index (χ2v) is 5.44. The van der Waals surface area contributed by atoms with Crippen LogP contribution in [0.3, 0.4) is 0 Å². The van der Waals surface area contributed by atoms with Crippen molar-refractivity contribution >= 4 is 5.69 Å². The topological polar surface area (TPSA) is 32.5 Å². The smallest absolute Gasteiger partial charge is 0.0314 e. The van der Waals surface area contributed by atoms with Crippen LogP contribution in [0.5, 0.6) is 0 Å². The third-order valence-electron chi connectivity index (χ3n) is 3.45. The molecule has 19 heavy (non-hydrogen) atoms. The van der Waals surface area contributed by atoms with Crippen LogP contribution in [0.15, 0.2) is 24.3 Å². The molecule has 0 aliphatic heterocycles. The first-order valence-corrected chi connectivity index (χ1v) is 7.33. The number of nitrogens with two attached hydrogens (primary N) is 1. The molecular weight excluding hydrogens is 234 g/mol. The zero-order chi connectivity index (χ0) is 14.1. The van der Waals surface area contributed by atoms with Crippen LogP contribution >= 0.6 is 0 Å². The third-order valence-corrected chi connectivity index (χ3v) is 3.45. The number of nitrogens with zero attached hydrogens (tertiary/aromatic N) is 2. The summed E-state index contributed by atoms with van der Waals surface area (Å²) in [6.07, 6.45) is 3.62. The summed E-state index contributed by atoms with van der Waals surface area (Å²) >= 11 is 0. The predicted octanol–water partition coefficient (Wildman–Crippen LogP) is 2.48. The minimum atomic E-state index is 0.850. The van der Waals surface area contributed by atoms with Crippen LogP contribution in [-0.2, 0) is 6.42 Å². The molecule has 0 heterocycles. The van der Waals surface area contributed by atoms with Gasteiger partial charge in [-0.05, 0) is 77.2 Å². The fourth-order valence-corrected chi connectivity index (χ4v) is 2.23. The number of aryl methyl sites for hydroxylation is 1. The lowest BCUT2D eigenvalue weighted by Crippen LogP contribution is -2.28. The molecule has 0 atom stereocenters. The highest BCUT2D eigenvalue weighted by Gasteiger charge is 2.02. The quantitative estimate of drug-likeness (QED) is 0.695. The Kier molecular flexibility index (Phi) is 7.53. The molecule has 0 spiro atoms. The van der Waals surface area contributed by atoms with Crippen molar-refractivity contribution in [3.8, 4) is 0 Å². The van der Waals surface area contributed by atoms with Gasteiger partial charge in [-0.15, -0.1) is 0 Å². The fourth-order valence-electron chi connectivity index (χ4n) is 2.23. The summed E-state index contributed by atoms with van der Waals surface area (Å²) in [6, 6.07) is 8.25. The summed E-state index contributed by atoms with van der Waals surface area (Å²) in [5.74, 6) is 0. The van der Waals surface area contributed by atoms with Crippen molar-refractivity contribution in [1.82, 2.24) is 9.80 Å². The van der Waals surface area contributed by atoms with Crippen molar-refractivity contribution in [2.45, 2.75) is 26.2 Å². The lowest BCUT2D eigenvalue weighted by molar-refractivity contribution is 0.263. The molecule has 0 saturated heterocycles. The molecule has 0 aromatic heterocycles. The molecule has 3 heteroatoms. The Morgan fingerprint density at radius 1 is 0.947 bits per heavy atom. The maximum absolute atomic E-state index is 5.69. The molecule has 0 saturated carbocycles. The Labute approximate surface area is 118 Å². The lowest BCUT2D eigenvalue weighted by atomic mass is 10.1. The molecule has 0 unspecified atom stereocenters. The largest absolute Gasteiger partial charge is 0.399 e. The van der Waals surface area contributed by atoms with E-state index in [9.17, 15) is 0 Å². The van der Waals surface area contributed by atoms with E-state index in [1.807, 2.05) is 12.1 Å². The fraction of sp³-hybridized carbons (Fsp3) is 0.625. The zero-order valence-corrected chi connectivity index (χ0v) is 12.7. The highest BCUT2D eigenvalue weighted by molar-refractivity contribution is 5.39. The lowest BCUT2D eigenvalue weighted by Gasteiger charge is -2.21. The van der Waals surface area contributed by atoms with Gasteiger partial charge in [0.2, 0.25) is 0 Å². The Balaban J connectivity index is 2.20. The van der Waals surface area contributed by atoms with Gasteiger partial charge in [0.1, 0.15) is 0 Å². The van der Waals surface area contributed by atoms with Crippen LogP contribution in [-0.4, -0.2) is 50.1 Å². The first-order chi connectivity index (χ1) is 9.11. The van der Waals surface area contributed by atoms with Crippen molar-refractivity contribution in [3.05, 3.63) is 29.8 Å². The summed E-state index contributed by atoms with van der Waals surface area (Å²) in [7, 11) is 4.27. The van der Waals surface area contributed by atoms with Gasteiger partial charge in [-0.25, -0.2) is 0 Å². The number of rotatable bonds is 9. The molecule has 3 nitrogen and oxygen atoms in total. The second-order valence-electron chi connectivity index (χ2n) is 5.44. The number of hydrogen-bond donors (Lipinski definition) is 1. The van der Waals surface area contributed by atoms with Gasteiger partial charge in [-0.2, -0.15) is 0 Å². The summed E-state index contributed by atoms with van der Waals surface area (Å²) < 4.78 is 0. The molecule has 0 aliphatic carbocycles. The van der Waals surface area contributed by atoms with Crippen LogP contribution in [0, 0.1) is 0 Å². The SMILES string of the molecule is CCN(CCCc1ccc(N)cc1)CCCN(C)C. The molecule has 0 radical (unpaired) electrons. The van der Waals surface area contributed by atoms with E-state index in [2.05, 4.69) is 43.0 Å². The summed E-state index contributed by atoms with van der Waals surface area (Å²) in [5.41, 5.74) is 7.93. The normalized spacial score (nSPS) is 11.4. The van der Waals surface area contributed by atoms with Crippen molar-refractivity contribution in [3.63, 3.8) is 0 Å². The Bertz CT molecular complexity index is 332. The van der Waals surface area contributed by atoms with E-state index in [0.717, 1.165) is 18.7 Å². The molecule has 0 fully saturated rings. The number of benzene rings is 1. The van der Waals surface area contributed by atoms with Crippen LogP contribution in [0.4, 0.5) is 5.69 Å². The molecular formula is C16H29N3. The second kappa shape index (κ2) is 8.94. The van der Waals surface area contributed by atoms with Gasteiger partial charge in [-0.3, -0.25) is 0 Å². The maximum atomic E-state index is 5.69. The highest BCUT2D eigenvalue weighted by Crippen LogP contribution is 2.08. The van der Waals surface area contributed by atoms with Crippen molar-refractivity contribution in [2.75, 3.05) is 46.0 Å². The van der Waals surface area contributed by atoms with E-state index in [1.165, 1.54) is 38.0 Å². The van der Waals surface area contributed by atoms with Gasteiger partial charge in [-0.1, -0.05) is 19.1 Å². The van der Waals surface area contributed by atoms with E-state index in [1.54, 1.807) is 0 Å². The van der Waals surface area contributed by atoms with Crippen LogP contribution in [0.1, 0.15) is 25.3 Å². The molecule has 0 bridgehead atoms. The molecule has 0 amide bonds. The average Bonchev–Trinajstić information content (AvgIpc) is 2.39. The monoisotopic (exact) mass is 263 g/mol. The summed E-state index contributed by atoms with van der Waals surface area (Å²) in [6.45, 7) is 6.97. The molecule has 108 valence electrons. The molecule has 0 aliphatic rings. The van der Waals surface area contributed by atoms with Gasteiger partial charge in [0, 0.05) is 5.69 Å². The van der Waals surface area contributed by atoms with Crippen LogP contribution in [0.25, 0.3) is 0 Å². The van der Waals surface area contributed by atoms with Gasteiger partial charge in [0.25, 0.3) is 0 Å². The number of nitrogen functional groups attached to an aromatic ring is 1. The summed E-state index contributed by atoms with van der Waals surface area (Å²) in [5, 5.41) is 0. The molecule has 1 aromatic rings. The van der Waals surface area contributed by atoms with Gasteiger partial charge in [0.05, 0.1) is 0 Å². The van der Waals surface area contributed by atoms with E-state index in [4.69, 9.17) is 5.73 Å². The van der Waals surface area contributed by atoms with Gasteiger partial charge < -0.3 is 15.5 Å². The predicted molar refractivity (Wildman–Crippen MR) is 84.5 cm³/mol. The average molecular weight is 263 g/mol. The van der Waals surface area contributed by atoms with Crippen molar-refractivity contribution in [2.24, 2.45) is 0 Å². The first kappa shape index (κ1) is 16.0. The van der Waals surface area contributed by atoms with Crippen molar-refractivity contribution in [1.29, 1.82) is 0 Å². The molecule has 2 N–H and O–H groups in total. The standard InChI is InChI=1S/C16H29N3/c1-4-19(14-6-12-18(2)3)13-5-7-15-8-10-16(17)11-9-15/h8-11H,4-7,12-14,17H2,1-3H3. The molecule has 1 rings (SSSR count). The van der Waals surface area contributed by atoms with Crippen LogP contribution in [0.2, 0.25) is 0 Å². The minimum Gasteiger partial charge on any atom is -0.399 e. The number of anilines is 1. The Morgan fingerprint density at radius 2 is 1.58 bits per heavy atom. The number of hydrogen-bond acceptors (Lipinski definition) is 3. The van der Waals surface area contributed by atoms with E-state index in [-0.39, 0.29) is 0 Å². The van der Waals surface area contributed by atoms with E-state index >= 15 is 0 Å². The third kappa shape index (κ3) is 7.19. The van der Waals surface area contributed by atoms with E-state index < -0.39 is 0 Å². The Morgan fingerprint density at radius 3 is 2.16 bits per heavy atom. The van der Waals surface area contributed by atoms with Gasteiger partial charge >= 0.3 is 0 Å².